The number of piperidine rings is 1. The second kappa shape index (κ2) is 6.66. The van der Waals surface area contributed by atoms with E-state index in [9.17, 15) is 4.39 Å². The third-order valence-corrected chi connectivity index (χ3v) is 5.84. The first-order valence-electron chi connectivity index (χ1n) is 9.48. The third-order valence-electron chi connectivity index (χ3n) is 5.84. The highest BCUT2D eigenvalue weighted by Crippen LogP contribution is 2.43. The molecular formula is C22H22FNO3. The van der Waals surface area contributed by atoms with Gasteiger partial charge in [0.2, 0.25) is 0 Å². The van der Waals surface area contributed by atoms with Gasteiger partial charge in [0.25, 0.3) is 0 Å². The maximum Gasteiger partial charge on any atom is 0.165 e. The Hall–Kier alpha value is -2.37. The average molecular weight is 367 g/mol. The highest BCUT2D eigenvalue weighted by molar-refractivity contribution is 5.83. The van der Waals surface area contributed by atoms with E-state index in [0.717, 1.165) is 39.1 Å². The summed E-state index contributed by atoms with van der Waals surface area (Å²) < 4.78 is 30.9. The number of fused-ring (bicyclic) bond motifs is 3. The van der Waals surface area contributed by atoms with Crippen LogP contribution in [-0.2, 0) is 16.9 Å². The molecule has 0 N–H and O–H groups in total. The molecule has 0 bridgehead atoms. The maximum atomic E-state index is 13.4. The molecule has 140 valence electrons. The molecule has 1 fully saturated rings. The lowest BCUT2D eigenvalue weighted by molar-refractivity contribution is -0.0796. The smallest absolute Gasteiger partial charge is 0.165 e. The lowest BCUT2D eigenvalue weighted by Gasteiger charge is -2.39. The van der Waals surface area contributed by atoms with Crippen molar-refractivity contribution in [2.75, 3.05) is 26.2 Å². The minimum atomic E-state index is -0.285. The van der Waals surface area contributed by atoms with E-state index in [4.69, 9.17) is 13.9 Å². The minimum absolute atomic E-state index is 0.105. The topological polar surface area (TPSA) is 34.8 Å². The van der Waals surface area contributed by atoms with Crippen LogP contribution in [0.25, 0.3) is 11.0 Å². The zero-order chi connectivity index (χ0) is 18.3. The molecule has 5 heteroatoms. The van der Waals surface area contributed by atoms with E-state index in [1.807, 2.05) is 0 Å². The fraction of sp³-hybridized carbons (Fsp3) is 0.364. The van der Waals surface area contributed by atoms with Gasteiger partial charge in [-0.2, -0.15) is 0 Å². The Kier molecular flexibility index (Phi) is 4.14. The van der Waals surface area contributed by atoms with Crippen LogP contribution in [-0.4, -0.2) is 31.1 Å². The molecular weight excluding hydrogens is 345 g/mol. The summed E-state index contributed by atoms with van der Waals surface area (Å²) in [6.07, 6.45) is 3.56. The van der Waals surface area contributed by atoms with Crippen LogP contribution >= 0.6 is 0 Å². The normalized spacial score (nSPS) is 18.9. The Morgan fingerprint density at radius 1 is 1.11 bits per heavy atom. The molecule has 0 atom stereocenters. The summed E-state index contributed by atoms with van der Waals surface area (Å²) in [4.78, 5) is 2.40. The van der Waals surface area contributed by atoms with Crippen LogP contribution in [0.4, 0.5) is 4.39 Å². The minimum Gasteiger partial charge on any atom is -0.488 e. The largest absolute Gasteiger partial charge is 0.488 e. The van der Waals surface area contributed by atoms with Crippen LogP contribution in [0.15, 0.2) is 53.1 Å². The molecule has 0 unspecified atom stereocenters. The molecule has 3 aromatic rings. The van der Waals surface area contributed by atoms with Gasteiger partial charge >= 0.3 is 0 Å². The van der Waals surface area contributed by atoms with E-state index in [1.54, 1.807) is 12.3 Å². The number of ether oxygens (including phenoxy) is 2. The molecule has 5 rings (SSSR count). The number of nitrogens with zero attached hydrogens (tertiary/aromatic N) is 1. The van der Waals surface area contributed by atoms with Crippen molar-refractivity contribution in [2.24, 2.45) is 0 Å². The van der Waals surface area contributed by atoms with E-state index in [-0.39, 0.29) is 11.4 Å². The van der Waals surface area contributed by atoms with E-state index in [2.05, 4.69) is 29.2 Å². The zero-order valence-electron chi connectivity index (χ0n) is 15.1. The second-order valence-corrected chi connectivity index (χ2v) is 7.37. The monoisotopic (exact) mass is 367 g/mol. The molecule has 0 amide bonds. The summed E-state index contributed by atoms with van der Waals surface area (Å²) in [6.45, 7) is 4.08. The van der Waals surface area contributed by atoms with Crippen LogP contribution in [0, 0.1) is 5.82 Å². The first-order valence-corrected chi connectivity index (χ1v) is 9.48. The Morgan fingerprint density at radius 3 is 2.85 bits per heavy atom. The summed E-state index contributed by atoms with van der Waals surface area (Å²) in [5, 5.41) is 0.684. The average Bonchev–Trinajstić information content (AvgIpc) is 3.26. The molecule has 0 saturated carbocycles. The van der Waals surface area contributed by atoms with E-state index < -0.39 is 0 Å². The SMILES string of the molecule is Fc1ccc2occ(OCCN3CCC4(CC3)OCc3ccccc34)c2c1. The van der Waals surface area contributed by atoms with Gasteiger partial charge in [-0.05, 0) is 42.2 Å². The summed E-state index contributed by atoms with van der Waals surface area (Å²) >= 11 is 0. The predicted octanol–water partition coefficient (Wildman–Crippen LogP) is 4.47. The maximum absolute atomic E-state index is 13.4. The number of likely N-dealkylation sites (tertiary alicyclic amines) is 1. The van der Waals surface area contributed by atoms with Crippen molar-refractivity contribution in [1.82, 2.24) is 4.90 Å². The zero-order valence-corrected chi connectivity index (χ0v) is 15.1. The van der Waals surface area contributed by atoms with Crippen LogP contribution in [0.1, 0.15) is 24.0 Å². The first kappa shape index (κ1) is 16.8. The number of hydrogen-bond donors (Lipinski definition) is 0. The Bertz CT molecular complexity index is 959. The Morgan fingerprint density at radius 2 is 1.96 bits per heavy atom. The third kappa shape index (κ3) is 3.01. The molecule has 27 heavy (non-hydrogen) atoms. The molecule has 0 radical (unpaired) electrons. The van der Waals surface area contributed by atoms with Crippen molar-refractivity contribution in [3.8, 4) is 5.75 Å². The van der Waals surface area contributed by atoms with E-state index in [1.165, 1.54) is 23.3 Å². The van der Waals surface area contributed by atoms with Crippen molar-refractivity contribution in [3.63, 3.8) is 0 Å². The second-order valence-electron chi connectivity index (χ2n) is 7.37. The van der Waals surface area contributed by atoms with Crippen molar-refractivity contribution in [3.05, 3.63) is 65.7 Å². The van der Waals surface area contributed by atoms with Gasteiger partial charge in [0, 0.05) is 19.6 Å². The van der Waals surface area contributed by atoms with Gasteiger partial charge in [-0.25, -0.2) is 4.39 Å². The van der Waals surface area contributed by atoms with Crippen molar-refractivity contribution < 1.29 is 18.3 Å². The fourth-order valence-corrected chi connectivity index (χ4v) is 4.31. The Labute approximate surface area is 157 Å². The molecule has 1 aromatic heterocycles. The van der Waals surface area contributed by atoms with Gasteiger partial charge in [-0.3, -0.25) is 4.90 Å². The molecule has 3 heterocycles. The lowest BCUT2D eigenvalue weighted by Crippen LogP contribution is -2.43. The van der Waals surface area contributed by atoms with Gasteiger partial charge in [-0.1, -0.05) is 24.3 Å². The predicted molar refractivity (Wildman–Crippen MR) is 100 cm³/mol. The molecule has 4 nitrogen and oxygen atoms in total. The van der Waals surface area contributed by atoms with Crippen LogP contribution in [0.3, 0.4) is 0 Å². The molecule has 2 aliphatic heterocycles. The standard InChI is InChI=1S/C22H22FNO3/c23-17-5-6-20-18(13-17)21(15-26-20)25-12-11-24-9-7-22(8-10-24)19-4-2-1-3-16(19)14-27-22/h1-6,13,15H,7-12,14H2. The van der Waals surface area contributed by atoms with Crippen molar-refractivity contribution >= 4 is 11.0 Å². The highest BCUT2D eigenvalue weighted by atomic mass is 19.1. The first-order chi connectivity index (χ1) is 13.2. The Balaban J connectivity index is 1.18. The molecule has 2 aliphatic rings. The number of rotatable bonds is 4. The van der Waals surface area contributed by atoms with Gasteiger partial charge in [0.1, 0.15) is 24.3 Å². The number of furan rings is 1. The summed E-state index contributed by atoms with van der Waals surface area (Å²) in [6, 6.07) is 13.0. The van der Waals surface area contributed by atoms with Gasteiger partial charge in [0.15, 0.2) is 5.75 Å². The van der Waals surface area contributed by atoms with Crippen molar-refractivity contribution in [2.45, 2.75) is 25.0 Å². The molecule has 1 spiro atoms. The summed E-state index contributed by atoms with van der Waals surface area (Å²) in [5.74, 6) is 0.318. The molecule has 2 aromatic carbocycles. The number of halogens is 1. The van der Waals surface area contributed by atoms with Crippen LogP contribution in [0.2, 0.25) is 0 Å². The fourth-order valence-electron chi connectivity index (χ4n) is 4.31. The van der Waals surface area contributed by atoms with Crippen LogP contribution < -0.4 is 4.74 Å². The van der Waals surface area contributed by atoms with Crippen LogP contribution in [0.5, 0.6) is 5.75 Å². The van der Waals surface area contributed by atoms with Gasteiger partial charge < -0.3 is 13.9 Å². The van der Waals surface area contributed by atoms with Crippen molar-refractivity contribution in [1.29, 1.82) is 0 Å². The number of benzene rings is 2. The van der Waals surface area contributed by atoms with E-state index >= 15 is 0 Å². The summed E-state index contributed by atoms with van der Waals surface area (Å²) in [7, 11) is 0. The van der Waals surface area contributed by atoms with E-state index in [0.29, 0.717) is 23.3 Å². The highest BCUT2D eigenvalue weighted by Gasteiger charge is 2.42. The summed E-state index contributed by atoms with van der Waals surface area (Å²) in [5.41, 5.74) is 3.23. The lowest BCUT2D eigenvalue weighted by atomic mass is 9.84. The number of hydrogen-bond acceptors (Lipinski definition) is 4. The van der Waals surface area contributed by atoms with Gasteiger partial charge in [-0.15, -0.1) is 0 Å². The molecule has 0 aliphatic carbocycles. The quantitative estimate of drug-likeness (QED) is 0.681. The van der Waals surface area contributed by atoms with Gasteiger partial charge in [0.05, 0.1) is 17.6 Å². The molecule has 1 saturated heterocycles.